The second-order valence-corrected chi connectivity index (χ2v) is 5.75. The average molecular weight is 296 g/mol. The van der Waals surface area contributed by atoms with Gasteiger partial charge in [-0.15, -0.1) is 11.3 Å². The van der Waals surface area contributed by atoms with Crippen LogP contribution in [0.5, 0.6) is 0 Å². The molecule has 0 unspecified atom stereocenters. The zero-order chi connectivity index (χ0) is 11.4. The third kappa shape index (κ3) is 3.09. The van der Waals surface area contributed by atoms with E-state index < -0.39 is 0 Å². The quantitative estimate of drug-likeness (QED) is 0.863. The van der Waals surface area contributed by atoms with E-state index in [1.807, 2.05) is 23.5 Å². The number of benzene rings is 1. The van der Waals surface area contributed by atoms with E-state index in [0.29, 0.717) is 0 Å². The van der Waals surface area contributed by atoms with Crippen LogP contribution < -0.4 is 5.32 Å². The minimum absolute atomic E-state index is 0.909. The lowest BCUT2D eigenvalue weighted by Crippen LogP contribution is -1.96. The molecule has 0 aliphatic heterocycles. The molecule has 0 radical (unpaired) electrons. The average Bonchev–Trinajstić information content (AvgIpc) is 2.76. The van der Waals surface area contributed by atoms with Crippen molar-refractivity contribution in [1.29, 1.82) is 0 Å². The molecule has 0 atom stereocenters. The molecule has 0 saturated heterocycles. The Kier molecular flexibility index (Phi) is 4.02. The summed E-state index contributed by atoms with van der Waals surface area (Å²) in [5, 5.41) is 3.42. The fourth-order valence-electron chi connectivity index (χ4n) is 1.46. The van der Waals surface area contributed by atoms with Crippen LogP contribution in [0.2, 0.25) is 0 Å². The van der Waals surface area contributed by atoms with E-state index in [0.717, 1.165) is 23.1 Å². The van der Waals surface area contributed by atoms with Crippen LogP contribution >= 0.6 is 27.3 Å². The number of rotatable bonds is 4. The Morgan fingerprint density at radius 1 is 1.06 bits per heavy atom. The van der Waals surface area contributed by atoms with Gasteiger partial charge in [-0.1, -0.05) is 22.9 Å². The van der Waals surface area contributed by atoms with Crippen LogP contribution in [0.4, 0.5) is 5.69 Å². The number of aryl methyl sites for hydroxylation is 1. The highest BCUT2D eigenvalue weighted by Crippen LogP contribution is 2.19. The monoisotopic (exact) mass is 295 g/mol. The van der Waals surface area contributed by atoms with Gasteiger partial charge in [0.2, 0.25) is 0 Å². The van der Waals surface area contributed by atoms with Crippen LogP contribution in [-0.2, 0) is 13.0 Å². The molecular formula is C13H14BrNS. The number of halogens is 1. The molecule has 3 heteroatoms. The molecule has 0 aliphatic rings. The van der Waals surface area contributed by atoms with E-state index in [4.69, 9.17) is 0 Å². The summed E-state index contributed by atoms with van der Waals surface area (Å²) in [5.74, 6) is 0. The molecule has 0 aliphatic carbocycles. The smallest absolute Gasteiger partial charge is 0.0494 e. The van der Waals surface area contributed by atoms with E-state index in [1.165, 1.54) is 9.75 Å². The lowest BCUT2D eigenvalue weighted by molar-refractivity contribution is 1.19. The highest BCUT2D eigenvalue weighted by Gasteiger charge is 1.98. The molecule has 0 bridgehead atoms. The minimum Gasteiger partial charge on any atom is -0.380 e. The molecule has 1 N–H and O–H groups in total. The van der Waals surface area contributed by atoms with E-state index in [9.17, 15) is 0 Å². The van der Waals surface area contributed by atoms with Crippen molar-refractivity contribution in [1.82, 2.24) is 0 Å². The van der Waals surface area contributed by atoms with Crippen LogP contribution in [0.25, 0.3) is 0 Å². The summed E-state index contributed by atoms with van der Waals surface area (Å²) >= 11 is 5.31. The highest BCUT2D eigenvalue weighted by molar-refractivity contribution is 9.10. The number of nitrogens with one attached hydrogen (secondary N) is 1. The minimum atomic E-state index is 0.909. The van der Waals surface area contributed by atoms with Crippen molar-refractivity contribution in [3.8, 4) is 0 Å². The number of hydrogen-bond donors (Lipinski definition) is 1. The maximum Gasteiger partial charge on any atom is 0.0494 e. The Hall–Kier alpha value is -0.800. The van der Waals surface area contributed by atoms with Gasteiger partial charge in [0.15, 0.2) is 0 Å². The van der Waals surface area contributed by atoms with Crippen LogP contribution in [0.15, 0.2) is 40.9 Å². The molecule has 0 amide bonds. The summed E-state index contributed by atoms with van der Waals surface area (Å²) in [6, 6.07) is 12.7. The maximum atomic E-state index is 3.43. The zero-order valence-corrected chi connectivity index (χ0v) is 11.6. The van der Waals surface area contributed by atoms with Gasteiger partial charge in [0.1, 0.15) is 0 Å². The standard InChI is InChI=1S/C13H14BrNS/c1-2-12-7-8-13(16-12)9-15-11-5-3-10(14)4-6-11/h3-8,15H,2,9H2,1H3. The van der Waals surface area contributed by atoms with Gasteiger partial charge in [0.25, 0.3) is 0 Å². The molecule has 1 aromatic heterocycles. The van der Waals surface area contributed by atoms with Gasteiger partial charge in [0.05, 0.1) is 0 Å². The number of hydrogen-bond acceptors (Lipinski definition) is 2. The van der Waals surface area contributed by atoms with Crippen molar-refractivity contribution in [2.75, 3.05) is 5.32 Å². The third-order valence-electron chi connectivity index (χ3n) is 2.38. The molecule has 1 aromatic carbocycles. The molecule has 0 spiro atoms. The first-order valence-electron chi connectivity index (χ1n) is 5.35. The molecular weight excluding hydrogens is 282 g/mol. The molecule has 1 heterocycles. The van der Waals surface area contributed by atoms with E-state index in [-0.39, 0.29) is 0 Å². The highest BCUT2D eigenvalue weighted by atomic mass is 79.9. The van der Waals surface area contributed by atoms with Crippen molar-refractivity contribution < 1.29 is 0 Å². The lowest BCUT2D eigenvalue weighted by atomic mass is 10.3. The number of anilines is 1. The van der Waals surface area contributed by atoms with Crippen LogP contribution in [0.1, 0.15) is 16.7 Å². The van der Waals surface area contributed by atoms with Gasteiger partial charge < -0.3 is 5.32 Å². The van der Waals surface area contributed by atoms with Gasteiger partial charge in [-0.25, -0.2) is 0 Å². The molecule has 1 nitrogen and oxygen atoms in total. The van der Waals surface area contributed by atoms with E-state index in [2.05, 4.69) is 52.4 Å². The summed E-state index contributed by atoms with van der Waals surface area (Å²) in [7, 11) is 0. The first-order valence-corrected chi connectivity index (χ1v) is 6.96. The summed E-state index contributed by atoms with van der Waals surface area (Å²) < 4.78 is 1.11. The first-order chi connectivity index (χ1) is 7.78. The van der Waals surface area contributed by atoms with Crippen molar-refractivity contribution in [3.63, 3.8) is 0 Å². The maximum absolute atomic E-state index is 3.43. The predicted octanol–water partition coefficient (Wildman–Crippen LogP) is 4.69. The summed E-state index contributed by atoms with van der Waals surface area (Å²) in [6.45, 7) is 3.10. The van der Waals surface area contributed by atoms with E-state index in [1.54, 1.807) is 0 Å². The van der Waals surface area contributed by atoms with Crippen LogP contribution in [-0.4, -0.2) is 0 Å². The Morgan fingerprint density at radius 3 is 2.38 bits per heavy atom. The summed E-state index contributed by atoms with van der Waals surface area (Å²) in [6.07, 6.45) is 1.13. The Bertz CT molecular complexity index is 447. The first kappa shape index (κ1) is 11.7. The molecule has 2 rings (SSSR count). The normalized spacial score (nSPS) is 10.4. The van der Waals surface area contributed by atoms with Gasteiger partial charge in [0, 0.05) is 26.5 Å². The van der Waals surface area contributed by atoms with Gasteiger partial charge in [-0.2, -0.15) is 0 Å². The second kappa shape index (κ2) is 5.51. The largest absolute Gasteiger partial charge is 0.380 e. The second-order valence-electron chi connectivity index (χ2n) is 3.58. The molecule has 2 aromatic rings. The van der Waals surface area contributed by atoms with Gasteiger partial charge in [-0.3, -0.25) is 0 Å². The number of thiophene rings is 1. The lowest BCUT2D eigenvalue weighted by Gasteiger charge is -2.04. The molecule has 0 fully saturated rings. The Morgan fingerprint density at radius 2 is 1.75 bits per heavy atom. The van der Waals surface area contributed by atoms with Crippen LogP contribution in [0.3, 0.4) is 0 Å². The van der Waals surface area contributed by atoms with Crippen molar-refractivity contribution >= 4 is 33.0 Å². The zero-order valence-electron chi connectivity index (χ0n) is 9.16. The topological polar surface area (TPSA) is 12.0 Å². The van der Waals surface area contributed by atoms with Crippen molar-refractivity contribution in [2.45, 2.75) is 19.9 Å². The predicted molar refractivity (Wildman–Crippen MR) is 75.2 cm³/mol. The van der Waals surface area contributed by atoms with Gasteiger partial charge in [-0.05, 0) is 42.8 Å². The summed E-state index contributed by atoms with van der Waals surface area (Å²) in [5.41, 5.74) is 1.16. The molecule has 0 saturated carbocycles. The van der Waals surface area contributed by atoms with Crippen LogP contribution in [0, 0.1) is 0 Å². The van der Waals surface area contributed by atoms with Gasteiger partial charge >= 0.3 is 0 Å². The SMILES string of the molecule is CCc1ccc(CNc2ccc(Br)cc2)s1. The van der Waals surface area contributed by atoms with E-state index >= 15 is 0 Å². The fraction of sp³-hybridized carbons (Fsp3) is 0.231. The Balaban J connectivity index is 1.94. The summed E-state index contributed by atoms with van der Waals surface area (Å²) in [4.78, 5) is 2.84. The fourth-order valence-corrected chi connectivity index (χ4v) is 2.63. The third-order valence-corrected chi connectivity index (χ3v) is 4.13. The van der Waals surface area contributed by atoms with Crippen molar-refractivity contribution in [2.24, 2.45) is 0 Å². The Labute approximate surface area is 109 Å². The van der Waals surface area contributed by atoms with Crippen molar-refractivity contribution in [3.05, 3.63) is 50.6 Å². The molecule has 84 valence electrons. The molecule has 16 heavy (non-hydrogen) atoms.